The molecule has 0 atom stereocenters. The first-order valence-electron chi connectivity index (χ1n) is 6.66. The Kier molecular flexibility index (Phi) is 3.74. The molecular formula is C18H14ClNO. The van der Waals surface area contributed by atoms with Crippen LogP contribution in [0.25, 0.3) is 0 Å². The molecule has 0 aliphatic heterocycles. The van der Waals surface area contributed by atoms with Gasteiger partial charge < -0.3 is 5.11 Å². The van der Waals surface area contributed by atoms with E-state index >= 15 is 0 Å². The quantitative estimate of drug-likeness (QED) is 0.792. The standard InChI is InChI=1S/C18H14ClNO/c19-17-13-20-12-11-16(17)18(21,14-7-3-1-4-8-14)15-9-5-2-6-10-15/h1-13,21H. The van der Waals surface area contributed by atoms with Gasteiger partial charge in [-0.05, 0) is 17.2 Å². The maximum atomic E-state index is 11.5. The fourth-order valence-corrected chi connectivity index (χ4v) is 2.76. The van der Waals surface area contributed by atoms with E-state index in [1.54, 1.807) is 18.5 Å². The molecule has 0 amide bonds. The second-order valence-electron chi connectivity index (χ2n) is 4.80. The number of aromatic nitrogens is 1. The molecule has 2 aromatic carbocycles. The summed E-state index contributed by atoms with van der Waals surface area (Å²) >= 11 is 6.29. The van der Waals surface area contributed by atoms with Gasteiger partial charge in [-0.15, -0.1) is 0 Å². The van der Waals surface area contributed by atoms with E-state index in [9.17, 15) is 5.11 Å². The van der Waals surface area contributed by atoms with Crippen molar-refractivity contribution in [3.63, 3.8) is 0 Å². The zero-order valence-electron chi connectivity index (χ0n) is 11.3. The van der Waals surface area contributed by atoms with E-state index in [0.717, 1.165) is 11.1 Å². The van der Waals surface area contributed by atoms with Crippen molar-refractivity contribution in [1.82, 2.24) is 4.98 Å². The topological polar surface area (TPSA) is 33.1 Å². The molecule has 3 heteroatoms. The molecule has 104 valence electrons. The molecule has 3 aromatic rings. The fourth-order valence-electron chi connectivity index (χ4n) is 2.50. The van der Waals surface area contributed by atoms with E-state index in [1.807, 2.05) is 60.7 Å². The molecule has 1 N–H and O–H groups in total. The van der Waals surface area contributed by atoms with Gasteiger partial charge in [0.25, 0.3) is 0 Å². The number of benzene rings is 2. The molecule has 0 saturated carbocycles. The largest absolute Gasteiger partial charge is 0.376 e. The Bertz CT molecular complexity index is 689. The number of hydrogen-bond acceptors (Lipinski definition) is 2. The zero-order chi connectivity index (χ0) is 14.7. The van der Waals surface area contributed by atoms with Gasteiger partial charge in [0.2, 0.25) is 0 Å². The van der Waals surface area contributed by atoms with Crippen molar-refractivity contribution in [2.75, 3.05) is 0 Å². The number of rotatable bonds is 3. The van der Waals surface area contributed by atoms with Gasteiger partial charge in [-0.3, -0.25) is 4.98 Å². The lowest BCUT2D eigenvalue weighted by molar-refractivity contribution is 0.125. The lowest BCUT2D eigenvalue weighted by Crippen LogP contribution is -2.29. The average molecular weight is 296 g/mol. The van der Waals surface area contributed by atoms with E-state index in [1.165, 1.54) is 0 Å². The normalized spacial score (nSPS) is 11.3. The van der Waals surface area contributed by atoms with Crippen LogP contribution in [0.4, 0.5) is 0 Å². The third-order valence-electron chi connectivity index (χ3n) is 3.55. The molecule has 0 bridgehead atoms. The third-order valence-corrected chi connectivity index (χ3v) is 3.85. The molecule has 0 fully saturated rings. The Morgan fingerprint density at radius 3 is 1.81 bits per heavy atom. The summed E-state index contributed by atoms with van der Waals surface area (Å²) in [5.41, 5.74) is 0.855. The Labute approximate surface area is 128 Å². The SMILES string of the molecule is OC(c1ccccc1)(c1ccccc1)c1ccncc1Cl. The van der Waals surface area contributed by atoms with Gasteiger partial charge in [-0.2, -0.15) is 0 Å². The zero-order valence-corrected chi connectivity index (χ0v) is 12.0. The minimum atomic E-state index is -1.30. The summed E-state index contributed by atoms with van der Waals surface area (Å²) in [6.45, 7) is 0. The van der Waals surface area contributed by atoms with Gasteiger partial charge in [0, 0.05) is 18.0 Å². The van der Waals surface area contributed by atoms with Crippen molar-refractivity contribution in [1.29, 1.82) is 0 Å². The van der Waals surface area contributed by atoms with E-state index in [4.69, 9.17) is 11.6 Å². The summed E-state index contributed by atoms with van der Waals surface area (Å²) in [6.07, 6.45) is 3.19. The van der Waals surface area contributed by atoms with Crippen LogP contribution in [0, 0.1) is 0 Å². The van der Waals surface area contributed by atoms with Crippen LogP contribution in [0.2, 0.25) is 5.02 Å². The highest BCUT2D eigenvalue weighted by molar-refractivity contribution is 6.31. The second kappa shape index (κ2) is 5.68. The van der Waals surface area contributed by atoms with Crippen molar-refractivity contribution >= 4 is 11.6 Å². The first-order chi connectivity index (χ1) is 10.2. The Balaban J connectivity index is 2.29. The molecule has 21 heavy (non-hydrogen) atoms. The summed E-state index contributed by atoms with van der Waals surface area (Å²) in [7, 11) is 0. The molecule has 1 aromatic heterocycles. The summed E-state index contributed by atoms with van der Waals surface area (Å²) < 4.78 is 0. The van der Waals surface area contributed by atoms with E-state index in [-0.39, 0.29) is 0 Å². The van der Waals surface area contributed by atoms with Crippen LogP contribution in [-0.4, -0.2) is 10.1 Å². The Morgan fingerprint density at radius 1 is 0.810 bits per heavy atom. The predicted octanol–water partition coefficient (Wildman–Crippen LogP) is 4.02. The minimum Gasteiger partial charge on any atom is -0.376 e. The van der Waals surface area contributed by atoms with Crippen molar-refractivity contribution in [3.8, 4) is 0 Å². The van der Waals surface area contributed by atoms with Crippen LogP contribution in [0.1, 0.15) is 16.7 Å². The lowest BCUT2D eigenvalue weighted by Gasteiger charge is -2.30. The molecule has 0 aliphatic rings. The predicted molar refractivity (Wildman–Crippen MR) is 84.2 cm³/mol. The molecule has 0 radical (unpaired) electrons. The second-order valence-corrected chi connectivity index (χ2v) is 5.21. The molecule has 0 saturated heterocycles. The highest BCUT2D eigenvalue weighted by Gasteiger charge is 2.35. The summed E-state index contributed by atoms with van der Waals surface area (Å²) in [5, 5.41) is 11.9. The van der Waals surface area contributed by atoms with Crippen molar-refractivity contribution in [3.05, 3.63) is 101 Å². The summed E-state index contributed by atoms with van der Waals surface area (Å²) in [6, 6.07) is 20.8. The van der Waals surface area contributed by atoms with E-state index < -0.39 is 5.60 Å². The highest BCUT2D eigenvalue weighted by atomic mass is 35.5. The van der Waals surface area contributed by atoms with Crippen LogP contribution in [-0.2, 0) is 5.60 Å². The van der Waals surface area contributed by atoms with Crippen molar-refractivity contribution in [2.24, 2.45) is 0 Å². The Hall–Kier alpha value is -2.16. The Morgan fingerprint density at radius 2 is 1.33 bits per heavy atom. The molecule has 0 spiro atoms. The van der Waals surface area contributed by atoms with Gasteiger partial charge in [0.1, 0.15) is 5.60 Å². The van der Waals surface area contributed by atoms with Crippen LogP contribution in [0.15, 0.2) is 79.1 Å². The average Bonchev–Trinajstić information content (AvgIpc) is 2.56. The van der Waals surface area contributed by atoms with Crippen molar-refractivity contribution in [2.45, 2.75) is 5.60 Å². The van der Waals surface area contributed by atoms with Gasteiger partial charge in [-0.25, -0.2) is 0 Å². The summed E-state index contributed by atoms with van der Waals surface area (Å²) in [5.74, 6) is 0. The molecule has 3 rings (SSSR count). The highest BCUT2D eigenvalue weighted by Crippen LogP contribution is 2.39. The number of pyridine rings is 1. The lowest BCUT2D eigenvalue weighted by atomic mass is 9.81. The van der Waals surface area contributed by atoms with Crippen molar-refractivity contribution < 1.29 is 5.11 Å². The first kappa shape index (κ1) is 13.8. The maximum Gasteiger partial charge on any atom is 0.142 e. The van der Waals surface area contributed by atoms with Crippen LogP contribution in [0.5, 0.6) is 0 Å². The van der Waals surface area contributed by atoms with Crippen LogP contribution in [0.3, 0.4) is 0 Å². The number of halogens is 1. The molecule has 0 aliphatic carbocycles. The van der Waals surface area contributed by atoms with Crippen LogP contribution < -0.4 is 0 Å². The van der Waals surface area contributed by atoms with Gasteiger partial charge in [0.05, 0.1) is 5.02 Å². The van der Waals surface area contributed by atoms with Gasteiger partial charge in [-0.1, -0.05) is 72.3 Å². The molecule has 1 heterocycles. The molecule has 2 nitrogen and oxygen atoms in total. The smallest absolute Gasteiger partial charge is 0.142 e. The fraction of sp³-hybridized carbons (Fsp3) is 0.0556. The summed E-state index contributed by atoms with van der Waals surface area (Å²) in [4.78, 5) is 4.00. The molecule has 0 unspecified atom stereocenters. The first-order valence-corrected chi connectivity index (χ1v) is 7.04. The number of nitrogens with zero attached hydrogens (tertiary/aromatic N) is 1. The van der Waals surface area contributed by atoms with E-state index in [2.05, 4.69) is 4.98 Å². The minimum absolute atomic E-state index is 0.438. The monoisotopic (exact) mass is 295 g/mol. The van der Waals surface area contributed by atoms with Gasteiger partial charge >= 0.3 is 0 Å². The third kappa shape index (κ3) is 2.44. The van der Waals surface area contributed by atoms with Gasteiger partial charge in [0.15, 0.2) is 0 Å². The van der Waals surface area contributed by atoms with Crippen LogP contribution >= 0.6 is 11.6 Å². The van der Waals surface area contributed by atoms with E-state index in [0.29, 0.717) is 10.6 Å². The number of hydrogen-bond donors (Lipinski definition) is 1. The maximum absolute atomic E-state index is 11.5. The number of aliphatic hydroxyl groups is 1. The molecular weight excluding hydrogens is 282 g/mol.